The number of nitrogens with zero attached hydrogens (tertiary/aromatic N) is 1. The van der Waals surface area contributed by atoms with Crippen LogP contribution in [0.15, 0.2) is 0 Å². The number of piperidine rings is 1. The Labute approximate surface area is 225 Å². The number of halogens is 3. The number of ketones is 1. The van der Waals surface area contributed by atoms with E-state index >= 15 is 0 Å². The number of nitrogens with two attached hydrogens (primary N) is 1. The summed E-state index contributed by atoms with van der Waals surface area (Å²) in [5.41, 5.74) is 1.16. The molecule has 39 heavy (non-hydrogen) atoms. The number of alkyl carbamates (subject to hydrolysis) is 1. The highest BCUT2D eigenvalue weighted by Crippen LogP contribution is 2.65. The van der Waals surface area contributed by atoms with Crippen LogP contribution in [0, 0.1) is 28.6 Å². The van der Waals surface area contributed by atoms with Crippen molar-refractivity contribution in [1.29, 1.82) is 0 Å². The number of hydrogen-bond acceptors (Lipinski definition) is 6. The summed E-state index contributed by atoms with van der Waals surface area (Å²) < 4.78 is 44.4. The second-order valence-electron chi connectivity index (χ2n) is 13.2. The van der Waals surface area contributed by atoms with E-state index in [0.29, 0.717) is 13.8 Å². The van der Waals surface area contributed by atoms with Crippen LogP contribution in [0.4, 0.5) is 18.0 Å². The Morgan fingerprint density at radius 2 is 1.59 bits per heavy atom. The van der Waals surface area contributed by atoms with Gasteiger partial charge < -0.3 is 26.0 Å². The predicted molar refractivity (Wildman–Crippen MR) is 133 cm³/mol. The van der Waals surface area contributed by atoms with Crippen molar-refractivity contribution in [1.82, 2.24) is 15.5 Å². The molecule has 4 amide bonds. The third kappa shape index (κ3) is 6.32. The van der Waals surface area contributed by atoms with E-state index in [0.717, 1.165) is 12.8 Å². The quantitative estimate of drug-likeness (QED) is 0.369. The first-order chi connectivity index (χ1) is 17.6. The maximum absolute atomic E-state index is 13.8. The van der Waals surface area contributed by atoms with Crippen LogP contribution in [0.2, 0.25) is 0 Å². The van der Waals surface area contributed by atoms with E-state index in [1.165, 1.54) is 4.90 Å². The molecule has 5 atom stereocenters. The standard InChI is InChI=1S/C26H39F3N4O6/c1-23(2,3)18(32-22(38)39-25(6,7)26(27,28)29)21(37)33-11-13-15(24(13,4)5)16(33)20(36)31-14(10-12-8-9-12)17(34)19(30)35/h12-16,18H,8-11H2,1-7H3,(H2,30,35)(H,31,36)(H,32,38)/t13-,14-,15-,16-,18+/m0/s1. The molecule has 3 fully saturated rings. The van der Waals surface area contributed by atoms with Crippen LogP contribution in [-0.2, 0) is 23.9 Å². The molecule has 2 saturated carbocycles. The van der Waals surface area contributed by atoms with Crippen molar-refractivity contribution >= 4 is 29.6 Å². The molecule has 0 radical (unpaired) electrons. The molecule has 2 aliphatic carbocycles. The third-order valence-electron chi connectivity index (χ3n) is 8.31. The first-order valence-electron chi connectivity index (χ1n) is 13.1. The van der Waals surface area contributed by atoms with Gasteiger partial charge in [-0.1, -0.05) is 47.5 Å². The van der Waals surface area contributed by atoms with Gasteiger partial charge in [0.05, 0.1) is 6.04 Å². The largest absolute Gasteiger partial charge is 0.434 e. The molecule has 3 aliphatic rings. The molecular weight excluding hydrogens is 521 g/mol. The van der Waals surface area contributed by atoms with Gasteiger partial charge in [-0.05, 0) is 48.9 Å². The molecule has 0 aromatic carbocycles. The molecular formula is C26H39F3N4O6. The van der Waals surface area contributed by atoms with E-state index < -0.39 is 64.9 Å². The van der Waals surface area contributed by atoms with Crippen molar-refractivity contribution in [3.8, 4) is 0 Å². The molecule has 10 nitrogen and oxygen atoms in total. The number of hydrogen-bond donors (Lipinski definition) is 3. The maximum atomic E-state index is 13.8. The smallest absolute Gasteiger partial charge is 0.427 e. The summed E-state index contributed by atoms with van der Waals surface area (Å²) in [6.45, 7) is 10.4. The zero-order chi connectivity index (χ0) is 29.9. The summed E-state index contributed by atoms with van der Waals surface area (Å²) in [6.07, 6.45) is -4.27. The van der Waals surface area contributed by atoms with Gasteiger partial charge in [-0.3, -0.25) is 19.2 Å². The summed E-state index contributed by atoms with van der Waals surface area (Å²) in [4.78, 5) is 65.2. The minimum Gasteiger partial charge on any atom is -0.434 e. The Bertz CT molecular complexity index is 1050. The molecule has 0 spiro atoms. The summed E-state index contributed by atoms with van der Waals surface area (Å²) >= 11 is 0. The van der Waals surface area contributed by atoms with Gasteiger partial charge in [0.25, 0.3) is 5.91 Å². The SMILES string of the molecule is CC(C)(C)[C@H](NC(=O)OC(C)(C)C(F)(F)F)C(=O)N1C[C@H]2[C@@H]([C@H]1C(=O)N[C@@H](CC1CC1)C(=O)C(N)=O)C2(C)C. The zero-order valence-electron chi connectivity index (χ0n) is 23.4. The third-order valence-corrected chi connectivity index (χ3v) is 8.31. The van der Waals surface area contributed by atoms with Crippen molar-refractivity contribution in [3.05, 3.63) is 0 Å². The van der Waals surface area contributed by atoms with Crippen molar-refractivity contribution in [2.75, 3.05) is 6.54 Å². The number of amides is 4. The van der Waals surface area contributed by atoms with Crippen LogP contribution in [0.1, 0.15) is 67.7 Å². The summed E-state index contributed by atoms with van der Waals surface area (Å²) in [7, 11) is 0. The highest BCUT2D eigenvalue weighted by Gasteiger charge is 2.70. The lowest BCUT2D eigenvalue weighted by Gasteiger charge is -2.38. The Hall–Kier alpha value is -2.86. The lowest BCUT2D eigenvalue weighted by Crippen LogP contribution is -2.61. The highest BCUT2D eigenvalue weighted by atomic mass is 19.4. The van der Waals surface area contributed by atoms with Gasteiger partial charge in [0, 0.05) is 6.54 Å². The van der Waals surface area contributed by atoms with Crippen LogP contribution >= 0.6 is 0 Å². The summed E-state index contributed by atoms with van der Waals surface area (Å²) in [5, 5.41) is 4.92. The number of alkyl halides is 3. The van der Waals surface area contributed by atoms with Crippen molar-refractivity contribution < 1.29 is 41.9 Å². The van der Waals surface area contributed by atoms with Crippen LogP contribution < -0.4 is 16.4 Å². The fourth-order valence-corrected chi connectivity index (χ4v) is 5.41. The van der Waals surface area contributed by atoms with Crippen LogP contribution in [0.25, 0.3) is 0 Å². The van der Waals surface area contributed by atoms with Gasteiger partial charge in [0.2, 0.25) is 23.2 Å². The Morgan fingerprint density at radius 1 is 1.03 bits per heavy atom. The second-order valence-corrected chi connectivity index (χ2v) is 13.2. The van der Waals surface area contributed by atoms with Crippen molar-refractivity contribution in [3.63, 3.8) is 0 Å². The first-order valence-corrected chi connectivity index (χ1v) is 13.1. The normalized spacial score (nSPS) is 25.7. The predicted octanol–water partition coefficient (Wildman–Crippen LogP) is 2.29. The molecule has 3 rings (SSSR count). The number of primary amides is 1. The Balaban J connectivity index is 1.83. The van der Waals surface area contributed by atoms with Crippen LogP contribution in [0.3, 0.4) is 0 Å². The molecule has 220 valence electrons. The van der Waals surface area contributed by atoms with E-state index in [-0.39, 0.29) is 36.1 Å². The summed E-state index contributed by atoms with van der Waals surface area (Å²) in [5.74, 6) is -3.45. The number of likely N-dealkylation sites (tertiary alicyclic amines) is 1. The fraction of sp³-hybridized carbons (Fsp3) is 0.808. The topological polar surface area (TPSA) is 148 Å². The number of Topliss-reactive ketones (excluding diaryl/α,β-unsaturated/α-hetero) is 1. The summed E-state index contributed by atoms with van der Waals surface area (Å²) in [6, 6.07) is -3.44. The molecule has 0 unspecified atom stereocenters. The van der Waals surface area contributed by atoms with Gasteiger partial charge in [-0.15, -0.1) is 0 Å². The minimum absolute atomic E-state index is 0.0392. The molecule has 0 bridgehead atoms. The average Bonchev–Trinajstić information content (AvgIpc) is 3.61. The first kappa shape index (κ1) is 30.7. The molecule has 13 heteroatoms. The van der Waals surface area contributed by atoms with Crippen molar-refractivity contribution in [2.45, 2.75) is 97.6 Å². The minimum atomic E-state index is -4.84. The molecule has 1 saturated heterocycles. The Kier molecular flexibility index (Phi) is 7.83. The lowest BCUT2D eigenvalue weighted by molar-refractivity contribution is -0.244. The molecule has 4 N–H and O–H groups in total. The second kappa shape index (κ2) is 9.96. The maximum Gasteiger partial charge on any atom is 0.427 e. The monoisotopic (exact) mass is 560 g/mol. The van der Waals surface area contributed by atoms with E-state index in [2.05, 4.69) is 15.4 Å². The number of fused-ring (bicyclic) bond motifs is 1. The fourth-order valence-electron chi connectivity index (χ4n) is 5.41. The zero-order valence-corrected chi connectivity index (χ0v) is 23.4. The number of ether oxygens (including phenoxy) is 1. The van der Waals surface area contributed by atoms with Gasteiger partial charge in [-0.2, -0.15) is 13.2 Å². The van der Waals surface area contributed by atoms with E-state index in [1.807, 2.05) is 13.8 Å². The van der Waals surface area contributed by atoms with Crippen LogP contribution in [-0.4, -0.2) is 70.9 Å². The highest BCUT2D eigenvalue weighted by molar-refractivity contribution is 6.37. The number of carbonyl (C=O) groups is 5. The van der Waals surface area contributed by atoms with E-state index in [4.69, 9.17) is 5.73 Å². The van der Waals surface area contributed by atoms with Gasteiger partial charge >= 0.3 is 12.3 Å². The van der Waals surface area contributed by atoms with E-state index in [1.54, 1.807) is 20.8 Å². The van der Waals surface area contributed by atoms with Gasteiger partial charge in [0.15, 0.2) is 0 Å². The molecule has 1 heterocycles. The van der Waals surface area contributed by atoms with Crippen LogP contribution in [0.5, 0.6) is 0 Å². The molecule has 0 aromatic rings. The number of rotatable bonds is 9. The number of carbonyl (C=O) groups excluding carboxylic acids is 5. The molecule has 1 aliphatic heterocycles. The lowest BCUT2D eigenvalue weighted by atomic mass is 9.85. The molecule has 0 aromatic heterocycles. The van der Waals surface area contributed by atoms with Gasteiger partial charge in [0.1, 0.15) is 12.1 Å². The van der Waals surface area contributed by atoms with Crippen molar-refractivity contribution in [2.24, 2.45) is 34.3 Å². The number of nitrogens with one attached hydrogen (secondary N) is 2. The Morgan fingerprint density at radius 3 is 2.05 bits per heavy atom. The van der Waals surface area contributed by atoms with Gasteiger partial charge in [-0.25, -0.2) is 4.79 Å². The van der Waals surface area contributed by atoms with E-state index in [9.17, 15) is 37.1 Å². The average molecular weight is 561 g/mol.